The number of benzene rings is 2. The largest absolute Gasteiger partial charge is 0.694 e. The maximum absolute atomic E-state index is 10.5. The summed E-state index contributed by atoms with van der Waals surface area (Å²) in [5, 5.41) is 9.97. The summed E-state index contributed by atoms with van der Waals surface area (Å²) in [4.78, 5) is 13.1. The Morgan fingerprint density at radius 3 is 2.66 bits per heavy atom. The zero-order valence-electron chi connectivity index (χ0n) is 18.2. The van der Waals surface area contributed by atoms with Crippen molar-refractivity contribution in [3.63, 3.8) is 0 Å². The van der Waals surface area contributed by atoms with E-state index in [0.717, 1.165) is 48.7 Å². The fourth-order valence-corrected chi connectivity index (χ4v) is 4.41. The lowest BCUT2D eigenvalue weighted by Gasteiger charge is -2.13. The third-order valence-electron chi connectivity index (χ3n) is 5.08. The first-order chi connectivity index (χ1) is 15.7. The van der Waals surface area contributed by atoms with E-state index < -0.39 is 8.25 Å². The summed E-state index contributed by atoms with van der Waals surface area (Å²) in [6, 6.07) is 17.1. The van der Waals surface area contributed by atoms with Gasteiger partial charge in [-0.05, 0) is 55.5 Å². The van der Waals surface area contributed by atoms with Crippen LogP contribution in [0.5, 0.6) is 0 Å². The first kappa shape index (κ1) is 24.5. The van der Waals surface area contributed by atoms with Crippen LogP contribution in [0.25, 0.3) is 10.6 Å². The van der Waals surface area contributed by atoms with Crippen LogP contribution in [0.3, 0.4) is 0 Å². The van der Waals surface area contributed by atoms with Crippen LogP contribution in [0.1, 0.15) is 36.8 Å². The van der Waals surface area contributed by atoms with Crippen molar-refractivity contribution in [1.29, 1.82) is 0 Å². The Morgan fingerprint density at radius 2 is 1.88 bits per heavy atom. The number of aryl methyl sites for hydroxylation is 1. The Bertz CT molecular complexity index is 939. The van der Waals surface area contributed by atoms with Crippen molar-refractivity contribution < 1.29 is 14.0 Å². The molecule has 0 amide bonds. The van der Waals surface area contributed by atoms with Gasteiger partial charge in [0.25, 0.3) is 0 Å². The van der Waals surface area contributed by atoms with E-state index in [-0.39, 0.29) is 6.61 Å². The van der Waals surface area contributed by atoms with E-state index in [9.17, 15) is 4.57 Å². The van der Waals surface area contributed by atoms with Crippen LogP contribution in [0, 0.1) is 0 Å². The van der Waals surface area contributed by atoms with Crippen LogP contribution in [-0.4, -0.2) is 29.6 Å². The van der Waals surface area contributed by atoms with E-state index in [2.05, 4.69) is 68.7 Å². The van der Waals surface area contributed by atoms with Crippen molar-refractivity contribution in [2.75, 3.05) is 25.0 Å². The molecule has 6 nitrogen and oxygen atoms in total. The molecule has 3 aromatic rings. The number of nitrogens with zero attached hydrogens (tertiary/aromatic N) is 1. The zero-order valence-corrected chi connectivity index (χ0v) is 19.9. The Kier molecular flexibility index (Phi) is 10.8. The van der Waals surface area contributed by atoms with Gasteiger partial charge in [0.05, 0.1) is 0 Å². The van der Waals surface area contributed by atoms with Crippen molar-refractivity contribution in [3.8, 4) is 10.6 Å². The molecule has 0 saturated carbocycles. The van der Waals surface area contributed by atoms with Gasteiger partial charge in [-0.2, -0.15) is 0 Å². The lowest BCUT2D eigenvalue weighted by molar-refractivity contribution is 0.276. The fourth-order valence-electron chi connectivity index (χ4n) is 3.46. The van der Waals surface area contributed by atoms with Crippen LogP contribution in [0.15, 0.2) is 60.1 Å². The summed E-state index contributed by atoms with van der Waals surface area (Å²) >= 11 is 1.64. The van der Waals surface area contributed by atoms with Gasteiger partial charge in [0, 0.05) is 40.5 Å². The van der Waals surface area contributed by atoms with Crippen LogP contribution in [-0.2, 0) is 22.1 Å². The van der Waals surface area contributed by atoms with Crippen molar-refractivity contribution in [1.82, 2.24) is 10.3 Å². The molecule has 170 valence electrons. The number of nitrogens with one attached hydrogen (secondary N) is 2. The minimum Gasteiger partial charge on any atom is -0.384 e. The van der Waals surface area contributed by atoms with Crippen molar-refractivity contribution in [3.05, 3.63) is 71.2 Å². The van der Waals surface area contributed by atoms with E-state index in [0.29, 0.717) is 6.42 Å². The van der Waals surface area contributed by atoms with Crippen molar-refractivity contribution in [2.45, 2.75) is 38.6 Å². The molecule has 0 spiro atoms. The molecule has 2 aromatic carbocycles. The molecule has 8 heteroatoms. The molecule has 0 bridgehead atoms. The molecule has 1 aromatic heterocycles. The van der Waals surface area contributed by atoms with E-state index >= 15 is 0 Å². The lowest BCUT2D eigenvalue weighted by Crippen LogP contribution is -2.16. The molecule has 0 radical (unpaired) electrons. The van der Waals surface area contributed by atoms with Crippen LogP contribution in [0.2, 0.25) is 0 Å². The highest BCUT2D eigenvalue weighted by molar-refractivity contribution is 7.32. The Labute approximate surface area is 195 Å². The molecule has 32 heavy (non-hydrogen) atoms. The maximum atomic E-state index is 10.5. The normalized spacial score (nSPS) is 11.5. The molecule has 0 aliphatic heterocycles. The molecule has 3 rings (SSSR count). The number of hydrogen-bond acceptors (Lipinski definition) is 6. The lowest BCUT2D eigenvalue weighted by atomic mass is 10.1. The van der Waals surface area contributed by atoms with Crippen LogP contribution < -0.4 is 10.6 Å². The topological polar surface area (TPSA) is 83.5 Å². The number of thiazole rings is 1. The standard InChI is InChI=1S/C24H30N3O3PS/c28-31(29)30-16-7-13-25-19-21-11-12-23(22(18-21)24-27-15-17-32-24)26-14-6-2-5-10-20-8-3-1-4-9-20/h1,3-4,8-9,11-12,15,17-18,25-26H,2,5-7,10,13-14,16,19H2/p+1. The number of unbranched alkanes of at least 4 members (excludes halogenated alkanes) is 2. The Morgan fingerprint density at radius 1 is 1.00 bits per heavy atom. The van der Waals surface area contributed by atoms with Crippen molar-refractivity contribution >= 4 is 25.3 Å². The minimum atomic E-state index is -2.50. The maximum Gasteiger partial charge on any atom is 0.694 e. The summed E-state index contributed by atoms with van der Waals surface area (Å²) in [7, 11) is -2.50. The highest BCUT2D eigenvalue weighted by Gasteiger charge is 2.11. The summed E-state index contributed by atoms with van der Waals surface area (Å²) < 4.78 is 15.2. The summed E-state index contributed by atoms with van der Waals surface area (Å²) in [6.07, 6.45) is 7.20. The van der Waals surface area contributed by atoms with Gasteiger partial charge >= 0.3 is 8.25 Å². The predicted molar refractivity (Wildman–Crippen MR) is 132 cm³/mol. The smallest absolute Gasteiger partial charge is 0.384 e. The molecule has 0 aliphatic carbocycles. The second-order valence-corrected chi connectivity index (χ2v) is 9.17. The van der Waals surface area contributed by atoms with E-state index in [1.54, 1.807) is 11.3 Å². The minimum absolute atomic E-state index is 0.275. The summed E-state index contributed by atoms with van der Waals surface area (Å²) in [6.45, 7) is 2.66. The van der Waals surface area contributed by atoms with Gasteiger partial charge in [-0.1, -0.05) is 42.8 Å². The highest BCUT2D eigenvalue weighted by Crippen LogP contribution is 2.31. The van der Waals surface area contributed by atoms with Gasteiger partial charge in [-0.3, -0.25) is 0 Å². The highest BCUT2D eigenvalue weighted by atomic mass is 32.1. The van der Waals surface area contributed by atoms with E-state index in [1.807, 2.05) is 11.6 Å². The van der Waals surface area contributed by atoms with Gasteiger partial charge in [0.1, 0.15) is 11.6 Å². The van der Waals surface area contributed by atoms with Gasteiger partial charge in [-0.15, -0.1) is 20.8 Å². The van der Waals surface area contributed by atoms with E-state index in [4.69, 9.17) is 4.89 Å². The number of anilines is 1. The molecule has 0 saturated heterocycles. The van der Waals surface area contributed by atoms with Gasteiger partial charge in [0.15, 0.2) is 0 Å². The Hall–Kier alpha value is -2.15. The second kappa shape index (κ2) is 14.1. The molecule has 1 atom stereocenters. The van der Waals surface area contributed by atoms with Gasteiger partial charge in [0.2, 0.25) is 0 Å². The molecular weight excluding hydrogens is 441 g/mol. The molecule has 0 aliphatic rings. The summed E-state index contributed by atoms with van der Waals surface area (Å²) in [5.41, 5.74) is 4.83. The van der Waals surface area contributed by atoms with Gasteiger partial charge in [-0.25, -0.2) is 4.98 Å². The van der Waals surface area contributed by atoms with Crippen LogP contribution >= 0.6 is 19.6 Å². The molecule has 0 fully saturated rings. The second-order valence-electron chi connectivity index (χ2n) is 7.54. The third-order valence-corrected chi connectivity index (χ3v) is 6.29. The average molecular weight is 473 g/mol. The summed E-state index contributed by atoms with van der Waals surface area (Å²) in [5.74, 6) is 0. The average Bonchev–Trinajstić information content (AvgIpc) is 3.34. The zero-order chi connectivity index (χ0) is 22.4. The number of hydrogen-bond donors (Lipinski definition) is 3. The number of rotatable bonds is 15. The molecule has 1 unspecified atom stereocenters. The molecule has 1 heterocycles. The number of aromatic nitrogens is 1. The predicted octanol–water partition coefficient (Wildman–Crippen LogP) is 5.78. The first-order valence-corrected chi connectivity index (χ1v) is 13.0. The monoisotopic (exact) mass is 472 g/mol. The first-order valence-electron chi connectivity index (χ1n) is 11.0. The SMILES string of the molecule is O=[P+](O)OCCCNCc1ccc(NCCCCCc2ccccc2)c(-c2nccs2)c1. The van der Waals surface area contributed by atoms with Crippen molar-refractivity contribution in [2.24, 2.45) is 0 Å². The molecular formula is C24H31N3O3PS+. The Balaban J connectivity index is 1.45. The van der Waals surface area contributed by atoms with Crippen LogP contribution in [0.4, 0.5) is 5.69 Å². The third kappa shape index (κ3) is 8.77. The van der Waals surface area contributed by atoms with Gasteiger partial charge < -0.3 is 10.6 Å². The molecule has 3 N–H and O–H groups in total. The fraction of sp³-hybridized carbons (Fsp3) is 0.375. The quantitative estimate of drug-likeness (QED) is 0.192. The van der Waals surface area contributed by atoms with E-state index in [1.165, 1.54) is 24.0 Å².